The second kappa shape index (κ2) is 6.29. The summed E-state index contributed by atoms with van der Waals surface area (Å²) in [5.41, 5.74) is -0.305. The summed E-state index contributed by atoms with van der Waals surface area (Å²) in [5, 5.41) is 9.61. The number of ketones is 1. The number of halogens is 1. The maximum absolute atomic E-state index is 11.8. The minimum Gasteiger partial charge on any atom is -0.505 e. The number of Topliss-reactive ketones (excluding diaryl/α,β-unsaturated/α-hetero) is 1. The fraction of sp³-hybridized carbons (Fsp3) is 0.333. The van der Waals surface area contributed by atoms with Gasteiger partial charge < -0.3 is 19.3 Å². The van der Waals surface area contributed by atoms with Gasteiger partial charge in [-0.1, -0.05) is 11.6 Å². The molecular weight excluding hydrogens is 276 g/mol. The van der Waals surface area contributed by atoms with E-state index < -0.39 is 17.5 Å². The minimum absolute atomic E-state index is 0.0480. The summed E-state index contributed by atoms with van der Waals surface area (Å²) in [4.78, 5) is 23.1. The van der Waals surface area contributed by atoms with E-state index in [-0.39, 0.29) is 28.7 Å². The highest BCUT2D eigenvalue weighted by Gasteiger charge is 2.26. The van der Waals surface area contributed by atoms with E-state index in [0.29, 0.717) is 0 Å². The fourth-order valence-electron chi connectivity index (χ4n) is 1.42. The van der Waals surface area contributed by atoms with Gasteiger partial charge in [0.1, 0.15) is 10.8 Å². The predicted molar refractivity (Wildman–Crippen MR) is 67.2 cm³/mol. The number of hydrogen-bond acceptors (Lipinski definition) is 6. The first-order valence-electron chi connectivity index (χ1n) is 5.32. The predicted octanol–water partition coefficient (Wildman–Crippen LogP) is 1.81. The Kier molecular flexibility index (Phi) is 5.00. The van der Waals surface area contributed by atoms with Crippen LogP contribution in [0.1, 0.15) is 17.3 Å². The van der Waals surface area contributed by atoms with Crippen molar-refractivity contribution in [1.29, 1.82) is 0 Å². The molecule has 1 N–H and O–H groups in total. The van der Waals surface area contributed by atoms with Crippen molar-refractivity contribution in [2.24, 2.45) is 0 Å². The standard InChI is InChI=1S/C12H13ClO6/c1-4-19-12(16)10(15)6-5-7(17-2)11(18-3)8(13)9(6)14/h5,14H,4H2,1-3H3. The third kappa shape index (κ3) is 2.90. The van der Waals surface area contributed by atoms with Crippen molar-refractivity contribution in [1.82, 2.24) is 0 Å². The number of aromatic hydroxyl groups is 1. The van der Waals surface area contributed by atoms with E-state index in [1.165, 1.54) is 20.3 Å². The van der Waals surface area contributed by atoms with Crippen LogP contribution in [0.15, 0.2) is 6.07 Å². The summed E-state index contributed by atoms with van der Waals surface area (Å²) >= 11 is 5.85. The number of phenols is 1. The van der Waals surface area contributed by atoms with Crippen LogP contribution in [0.4, 0.5) is 0 Å². The number of phenolic OH excluding ortho intramolecular Hbond substituents is 1. The molecule has 6 nitrogen and oxygen atoms in total. The lowest BCUT2D eigenvalue weighted by atomic mass is 10.1. The zero-order valence-electron chi connectivity index (χ0n) is 10.7. The molecule has 0 heterocycles. The topological polar surface area (TPSA) is 82.1 Å². The molecule has 0 saturated carbocycles. The van der Waals surface area contributed by atoms with Gasteiger partial charge in [0.05, 0.1) is 26.4 Å². The molecule has 0 fully saturated rings. The zero-order valence-corrected chi connectivity index (χ0v) is 11.4. The molecule has 0 amide bonds. The van der Waals surface area contributed by atoms with Gasteiger partial charge in [0, 0.05) is 0 Å². The summed E-state index contributed by atoms with van der Waals surface area (Å²) in [6.45, 7) is 1.61. The monoisotopic (exact) mass is 288 g/mol. The van der Waals surface area contributed by atoms with Gasteiger partial charge in [-0.3, -0.25) is 4.79 Å². The number of benzene rings is 1. The molecule has 1 rings (SSSR count). The molecule has 0 atom stereocenters. The van der Waals surface area contributed by atoms with Crippen molar-refractivity contribution >= 4 is 23.4 Å². The van der Waals surface area contributed by atoms with Crippen LogP contribution in [0, 0.1) is 0 Å². The Morgan fingerprint density at radius 2 is 1.95 bits per heavy atom. The number of ether oxygens (including phenoxy) is 3. The van der Waals surface area contributed by atoms with Crippen LogP contribution >= 0.6 is 11.6 Å². The average Bonchev–Trinajstić information content (AvgIpc) is 2.41. The number of hydrogen-bond donors (Lipinski definition) is 1. The average molecular weight is 289 g/mol. The van der Waals surface area contributed by atoms with E-state index in [2.05, 4.69) is 4.74 Å². The van der Waals surface area contributed by atoms with Crippen molar-refractivity contribution in [2.45, 2.75) is 6.92 Å². The van der Waals surface area contributed by atoms with Crippen LogP contribution in [-0.4, -0.2) is 37.7 Å². The zero-order chi connectivity index (χ0) is 14.6. The molecule has 1 aromatic carbocycles. The molecule has 0 aliphatic rings. The summed E-state index contributed by atoms with van der Waals surface area (Å²) in [5.74, 6) is -2.46. The van der Waals surface area contributed by atoms with Crippen molar-refractivity contribution in [3.8, 4) is 17.2 Å². The van der Waals surface area contributed by atoms with E-state index in [0.717, 1.165) is 0 Å². The molecular formula is C12H13ClO6. The van der Waals surface area contributed by atoms with Gasteiger partial charge in [0.15, 0.2) is 11.5 Å². The Morgan fingerprint density at radius 1 is 1.32 bits per heavy atom. The van der Waals surface area contributed by atoms with Crippen LogP contribution in [-0.2, 0) is 9.53 Å². The first-order chi connectivity index (χ1) is 8.97. The molecule has 0 radical (unpaired) electrons. The first kappa shape index (κ1) is 15.1. The van der Waals surface area contributed by atoms with E-state index in [1.807, 2.05) is 0 Å². The molecule has 0 unspecified atom stereocenters. The van der Waals surface area contributed by atoms with Gasteiger partial charge in [-0.05, 0) is 13.0 Å². The Morgan fingerprint density at radius 3 is 2.42 bits per heavy atom. The minimum atomic E-state index is -1.08. The van der Waals surface area contributed by atoms with Gasteiger partial charge in [0.25, 0.3) is 5.78 Å². The molecule has 19 heavy (non-hydrogen) atoms. The molecule has 0 saturated heterocycles. The quantitative estimate of drug-likeness (QED) is 0.505. The van der Waals surface area contributed by atoms with Crippen molar-refractivity contribution < 1.29 is 28.9 Å². The lowest BCUT2D eigenvalue weighted by Crippen LogP contribution is -2.18. The molecule has 104 valence electrons. The highest BCUT2D eigenvalue weighted by molar-refractivity contribution is 6.43. The van der Waals surface area contributed by atoms with Crippen LogP contribution < -0.4 is 9.47 Å². The van der Waals surface area contributed by atoms with Crippen LogP contribution in [0.25, 0.3) is 0 Å². The Balaban J connectivity index is 3.33. The Hall–Kier alpha value is -1.95. The van der Waals surface area contributed by atoms with Gasteiger partial charge in [-0.15, -0.1) is 0 Å². The Bertz CT molecular complexity index is 511. The number of carbonyl (C=O) groups excluding carboxylic acids is 2. The lowest BCUT2D eigenvalue weighted by Gasteiger charge is -2.13. The van der Waals surface area contributed by atoms with E-state index in [9.17, 15) is 14.7 Å². The summed E-state index contributed by atoms with van der Waals surface area (Å²) in [7, 11) is 2.67. The highest BCUT2D eigenvalue weighted by Crippen LogP contribution is 2.43. The third-order valence-electron chi connectivity index (χ3n) is 2.29. The normalized spacial score (nSPS) is 9.89. The maximum Gasteiger partial charge on any atom is 0.379 e. The van der Waals surface area contributed by atoms with Crippen molar-refractivity contribution in [2.75, 3.05) is 20.8 Å². The van der Waals surface area contributed by atoms with E-state index >= 15 is 0 Å². The second-order valence-corrected chi connectivity index (χ2v) is 3.75. The maximum atomic E-state index is 11.8. The largest absolute Gasteiger partial charge is 0.505 e. The van der Waals surface area contributed by atoms with Crippen molar-refractivity contribution in [3.05, 3.63) is 16.7 Å². The van der Waals surface area contributed by atoms with E-state index in [1.54, 1.807) is 6.92 Å². The fourth-order valence-corrected chi connectivity index (χ4v) is 1.69. The molecule has 0 bridgehead atoms. The third-order valence-corrected chi connectivity index (χ3v) is 2.64. The van der Waals surface area contributed by atoms with Crippen molar-refractivity contribution in [3.63, 3.8) is 0 Å². The lowest BCUT2D eigenvalue weighted by molar-refractivity contribution is -0.137. The van der Waals surface area contributed by atoms with Crippen LogP contribution in [0.2, 0.25) is 5.02 Å². The first-order valence-corrected chi connectivity index (χ1v) is 5.70. The molecule has 0 aliphatic carbocycles. The molecule has 7 heteroatoms. The number of esters is 1. The van der Waals surface area contributed by atoms with Gasteiger partial charge in [-0.2, -0.15) is 0 Å². The SMILES string of the molecule is CCOC(=O)C(=O)c1cc(OC)c(OC)c(Cl)c1O. The van der Waals surface area contributed by atoms with Crippen LogP contribution in [0.3, 0.4) is 0 Å². The summed E-state index contributed by atoms with van der Waals surface area (Å²) in [6.07, 6.45) is 0. The van der Waals surface area contributed by atoms with Gasteiger partial charge in [0.2, 0.25) is 0 Å². The number of methoxy groups -OCH3 is 2. The Labute approximate surface area is 114 Å². The molecule has 0 spiro atoms. The van der Waals surface area contributed by atoms with Gasteiger partial charge in [-0.25, -0.2) is 4.79 Å². The smallest absolute Gasteiger partial charge is 0.379 e. The van der Waals surface area contributed by atoms with Crippen LogP contribution in [0.5, 0.6) is 17.2 Å². The summed E-state index contributed by atoms with van der Waals surface area (Å²) in [6, 6.07) is 1.17. The van der Waals surface area contributed by atoms with Gasteiger partial charge >= 0.3 is 5.97 Å². The molecule has 0 aromatic heterocycles. The number of rotatable bonds is 5. The van der Waals surface area contributed by atoms with E-state index in [4.69, 9.17) is 21.1 Å². The molecule has 0 aliphatic heterocycles. The summed E-state index contributed by atoms with van der Waals surface area (Å²) < 4.78 is 14.5. The second-order valence-electron chi connectivity index (χ2n) is 3.37. The molecule has 1 aromatic rings. The number of carbonyl (C=O) groups is 2. The highest BCUT2D eigenvalue weighted by atomic mass is 35.5.